The highest BCUT2D eigenvalue weighted by molar-refractivity contribution is 5.95. The van der Waals surface area contributed by atoms with Gasteiger partial charge in [0.05, 0.1) is 25.8 Å². The fraction of sp³-hybridized carbons (Fsp3) is 0.364. The predicted octanol–water partition coefficient (Wildman–Crippen LogP) is 4.48. The van der Waals surface area contributed by atoms with Gasteiger partial charge in [-0.1, -0.05) is 26.2 Å². The Kier molecular flexibility index (Phi) is 8.85. The monoisotopic (exact) mass is 384 g/mol. The van der Waals surface area contributed by atoms with Crippen LogP contribution in [0, 0.1) is 0 Å². The van der Waals surface area contributed by atoms with Crippen molar-refractivity contribution in [1.29, 1.82) is 0 Å². The zero-order valence-corrected chi connectivity index (χ0v) is 16.5. The minimum atomic E-state index is -0.409. The second-order valence-electron chi connectivity index (χ2n) is 6.40. The van der Waals surface area contributed by atoms with Gasteiger partial charge < -0.3 is 20.1 Å². The molecule has 0 aromatic heterocycles. The van der Waals surface area contributed by atoms with Crippen LogP contribution in [-0.2, 0) is 9.53 Å². The van der Waals surface area contributed by atoms with Gasteiger partial charge >= 0.3 is 5.97 Å². The third kappa shape index (κ3) is 7.31. The number of rotatable bonds is 11. The van der Waals surface area contributed by atoms with Crippen molar-refractivity contribution in [1.82, 2.24) is 0 Å². The number of esters is 1. The fourth-order valence-corrected chi connectivity index (χ4v) is 2.58. The lowest BCUT2D eigenvalue weighted by atomic mass is 10.2. The largest absolute Gasteiger partial charge is 0.494 e. The van der Waals surface area contributed by atoms with Crippen LogP contribution in [0.5, 0.6) is 5.75 Å². The van der Waals surface area contributed by atoms with Gasteiger partial charge in [-0.25, -0.2) is 4.79 Å². The van der Waals surface area contributed by atoms with Gasteiger partial charge in [-0.05, 0) is 55.0 Å². The van der Waals surface area contributed by atoms with E-state index in [9.17, 15) is 9.59 Å². The van der Waals surface area contributed by atoms with Crippen molar-refractivity contribution in [3.63, 3.8) is 0 Å². The van der Waals surface area contributed by atoms with E-state index < -0.39 is 5.97 Å². The van der Waals surface area contributed by atoms with Crippen LogP contribution in [0.3, 0.4) is 0 Å². The quantitative estimate of drug-likeness (QED) is 0.441. The molecule has 0 heterocycles. The van der Waals surface area contributed by atoms with Crippen molar-refractivity contribution in [3.8, 4) is 5.75 Å². The number of ether oxygens (including phenoxy) is 2. The summed E-state index contributed by atoms with van der Waals surface area (Å²) in [5.74, 6) is 0.243. The molecular formula is C22H28N2O4. The normalized spacial score (nSPS) is 10.2. The standard InChI is InChI=1S/C22H28N2O4/c1-3-4-5-6-15-28-20-13-11-18(12-14-20)23-16-21(25)24-19-9-7-17(8-10-19)22(26)27-2/h7-14,23H,3-6,15-16H2,1-2H3,(H,24,25). The molecule has 2 rings (SSSR count). The van der Waals surface area contributed by atoms with E-state index >= 15 is 0 Å². The Morgan fingerprint density at radius 2 is 1.57 bits per heavy atom. The summed E-state index contributed by atoms with van der Waals surface area (Å²) in [6.07, 6.45) is 4.71. The summed E-state index contributed by atoms with van der Waals surface area (Å²) in [4.78, 5) is 23.5. The first-order valence-electron chi connectivity index (χ1n) is 9.57. The van der Waals surface area contributed by atoms with Gasteiger partial charge in [0, 0.05) is 11.4 Å². The smallest absolute Gasteiger partial charge is 0.337 e. The summed E-state index contributed by atoms with van der Waals surface area (Å²) >= 11 is 0. The van der Waals surface area contributed by atoms with Crippen molar-refractivity contribution in [2.75, 3.05) is 30.9 Å². The molecule has 0 saturated heterocycles. The van der Waals surface area contributed by atoms with Gasteiger partial charge in [0.1, 0.15) is 5.75 Å². The summed E-state index contributed by atoms with van der Waals surface area (Å²) in [6, 6.07) is 14.1. The third-order valence-electron chi connectivity index (χ3n) is 4.16. The first-order valence-corrected chi connectivity index (χ1v) is 9.57. The van der Waals surface area contributed by atoms with Crippen molar-refractivity contribution >= 4 is 23.3 Å². The third-order valence-corrected chi connectivity index (χ3v) is 4.16. The summed E-state index contributed by atoms with van der Waals surface area (Å²) in [5, 5.41) is 5.85. The molecule has 6 nitrogen and oxygen atoms in total. The van der Waals surface area contributed by atoms with Crippen LogP contribution < -0.4 is 15.4 Å². The zero-order chi connectivity index (χ0) is 20.2. The topological polar surface area (TPSA) is 76.7 Å². The fourth-order valence-electron chi connectivity index (χ4n) is 2.58. The highest BCUT2D eigenvalue weighted by atomic mass is 16.5. The molecule has 0 fully saturated rings. The van der Waals surface area contributed by atoms with E-state index in [-0.39, 0.29) is 12.5 Å². The van der Waals surface area contributed by atoms with Crippen LogP contribution in [0.25, 0.3) is 0 Å². The summed E-state index contributed by atoms with van der Waals surface area (Å²) in [6.45, 7) is 3.05. The van der Waals surface area contributed by atoms with Crippen molar-refractivity contribution in [3.05, 3.63) is 54.1 Å². The van der Waals surface area contributed by atoms with Gasteiger partial charge in [-0.15, -0.1) is 0 Å². The Balaban J connectivity index is 1.72. The molecule has 0 bridgehead atoms. The number of nitrogens with one attached hydrogen (secondary N) is 2. The number of carbonyl (C=O) groups is 2. The predicted molar refractivity (Wildman–Crippen MR) is 111 cm³/mol. The summed E-state index contributed by atoms with van der Waals surface area (Å²) < 4.78 is 10.4. The number of methoxy groups -OCH3 is 1. The highest BCUT2D eigenvalue weighted by Crippen LogP contribution is 2.16. The molecule has 6 heteroatoms. The van der Waals surface area contributed by atoms with Crippen molar-refractivity contribution < 1.29 is 19.1 Å². The number of hydrogen-bond donors (Lipinski definition) is 2. The second kappa shape index (κ2) is 11.6. The van der Waals surface area contributed by atoms with E-state index in [1.54, 1.807) is 24.3 Å². The molecule has 2 aromatic carbocycles. The lowest BCUT2D eigenvalue weighted by Crippen LogP contribution is -2.21. The Morgan fingerprint density at radius 1 is 0.893 bits per heavy atom. The van der Waals surface area contributed by atoms with E-state index in [2.05, 4.69) is 22.3 Å². The highest BCUT2D eigenvalue weighted by Gasteiger charge is 2.06. The molecule has 2 N–H and O–H groups in total. The van der Waals surface area contributed by atoms with Crippen LogP contribution in [0.1, 0.15) is 43.0 Å². The lowest BCUT2D eigenvalue weighted by molar-refractivity contribution is -0.114. The Bertz CT molecular complexity index is 742. The van der Waals surface area contributed by atoms with E-state index in [1.807, 2.05) is 24.3 Å². The Labute approximate surface area is 166 Å². The maximum atomic E-state index is 12.1. The average molecular weight is 384 g/mol. The maximum Gasteiger partial charge on any atom is 0.337 e. The van der Waals surface area contributed by atoms with Crippen LogP contribution in [0.4, 0.5) is 11.4 Å². The SMILES string of the molecule is CCCCCCOc1ccc(NCC(=O)Nc2ccc(C(=O)OC)cc2)cc1. The Hall–Kier alpha value is -3.02. The first kappa shape index (κ1) is 21.3. The zero-order valence-electron chi connectivity index (χ0n) is 16.5. The maximum absolute atomic E-state index is 12.1. The van der Waals surface area contributed by atoms with Crippen LogP contribution in [-0.4, -0.2) is 32.1 Å². The first-order chi connectivity index (χ1) is 13.6. The number of unbranched alkanes of at least 4 members (excludes halogenated alkanes) is 3. The van der Waals surface area contributed by atoms with Crippen LogP contribution >= 0.6 is 0 Å². The number of carbonyl (C=O) groups excluding carboxylic acids is 2. The van der Waals surface area contributed by atoms with E-state index in [0.29, 0.717) is 11.3 Å². The number of hydrogen-bond acceptors (Lipinski definition) is 5. The number of amides is 1. The average Bonchev–Trinajstić information content (AvgIpc) is 2.73. The van der Waals surface area contributed by atoms with Crippen LogP contribution in [0.15, 0.2) is 48.5 Å². The van der Waals surface area contributed by atoms with Crippen molar-refractivity contribution in [2.24, 2.45) is 0 Å². The molecule has 0 spiro atoms. The van der Waals surface area contributed by atoms with E-state index in [1.165, 1.54) is 26.4 Å². The van der Waals surface area contributed by atoms with Gasteiger partial charge in [-0.3, -0.25) is 4.79 Å². The summed E-state index contributed by atoms with van der Waals surface area (Å²) in [5.41, 5.74) is 1.90. The molecule has 0 aliphatic heterocycles. The minimum Gasteiger partial charge on any atom is -0.494 e. The second-order valence-corrected chi connectivity index (χ2v) is 6.40. The Morgan fingerprint density at radius 3 is 2.21 bits per heavy atom. The number of benzene rings is 2. The minimum absolute atomic E-state index is 0.135. The molecule has 0 aliphatic rings. The molecule has 150 valence electrons. The molecule has 1 amide bonds. The molecular weight excluding hydrogens is 356 g/mol. The molecule has 28 heavy (non-hydrogen) atoms. The van der Waals surface area contributed by atoms with E-state index in [0.717, 1.165) is 24.5 Å². The van der Waals surface area contributed by atoms with Crippen molar-refractivity contribution in [2.45, 2.75) is 32.6 Å². The van der Waals surface area contributed by atoms with Crippen LogP contribution in [0.2, 0.25) is 0 Å². The summed E-state index contributed by atoms with van der Waals surface area (Å²) in [7, 11) is 1.33. The van der Waals surface area contributed by atoms with Gasteiger partial charge in [-0.2, -0.15) is 0 Å². The van der Waals surface area contributed by atoms with Gasteiger partial charge in [0.25, 0.3) is 0 Å². The molecule has 0 aliphatic carbocycles. The lowest BCUT2D eigenvalue weighted by Gasteiger charge is -2.10. The molecule has 0 radical (unpaired) electrons. The van der Waals surface area contributed by atoms with Gasteiger partial charge in [0.2, 0.25) is 5.91 Å². The molecule has 0 saturated carbocycles. The van der Waals surface area contributed by atoms with Gasteiger partial charge in [0.15, 0.2) is 0 Å². The number of anilines is 2. The molecule has 0 unspecified atom stereocenters. The van der Waals surface area contributed by atoms with E-state index in [4.69, 9.17) is 4.74 Å². The molecule has 0 atom stereocenters. The molecule has 2 aromatic rings.